The van der Waals surface area contributed by atoms with E-state index in [1.165, 1.54) is 5.57 Å². The van der Waals surface area contributed by atoms with Gasteiger partial charge in [-0.25, -0.2) is 4.79 Å². The maximum Gasteiger partial charge on any atom is 0.414 e. The van der Waals surface area contributed by atoms with Crippen molar-refractivity contribution in [1.82, 2.24) is 15.5 Å². The van der Waals surface area contributed by atoms with Gasteiger partial charge < -0.3 is 30.0 Å². The van der Waals surface area contributed by atoms with Crippen LogP contribution in [0, 0.1) is 5.92 Å². The number of epoxide rings is 1. The molecule has 1 saturated heterocycles. The summed E-state index contributed by atoms with van der Waals surface area (Å²) in [6.07, 6.45) is 1.45. The zero-order chi connectivity index (χ0) is 26.2. The van der Waals surface area contributed by atoms with Crippen molar-refractivity contribution >= 4 is 17.9 Å². The summed E-state index contributed by atoms with van der Waals surface area (Å²) >= 11 is 0. The largest absolute Gasteiger partial charge is 0.443 e. The molecule has 2 fully saturated rings. The molecule has 1 spiro atoms. The fourth-order valence-electron chi connectivity index (χ4n) is 4.70. The minimum absolute atomic E-state index is 0.0310. The number of methoxy groups -OCH3 is 1. The van der Waals surface area contributed by atoms with Crippen LogP contribution in [-0.2, 0) is 28.5 Å². The minimum atomic E-state index is -0.818. The van der Waals surface area contributed by atoms with E-state index in [1.807, 2.05) is 33.8 Å². The highest BCUT2D eigenvalue weighted by molar-refractivity contribution is 5.92. The molecule has 0 bridgehead atoms. The van der Waals surface area contributed by atoms with E-state index in [1.54, 1.807) is 19.1 Å². The summed E-state index contributed by atoms with van der Waals surface area (Å²) in [5.41, 5.74) is 5.45. The van der Waals surface area contributed by atoms with Gasteiger partial charge in [-0.2, -0.15) is 0 Å². The zero-order valence-corrected chi connectivity index (χ0v) is 21.8. The van der Waals surface area contributed by atoms with Gasteiger partial charge in [-0.05, 0) is 47.6 Å². The molecule has 11 heteroatoms. The Hall–Kier alpha value is -2.05. The Morgan fingerprint density at radius 2 is 1.94 bits per heavy atom. The molecule has 0 aromatic heterocycles. The van der Waals surface area contributed by atoms with Crippen LogP contribution in [0.5, 0.6) is 0 Å². The number of imide groups is 1. The molecule has 2 rings (SSSR count). The number of alkyl carbamates (subject to hydrolysis) is 1. The fourth-order valence-corrected chi connectivity index (χ4v) is 4.70. The van der Waals surface area contributed by atoms with Crippen LogP contribution in [0.25, 0.3) is 0 Å². The predicted molar refractivity (Wildman–Crippen MR) is 130 cm³/mol. The number of nitrogens with zero attached hydrogens (tertiary/aromatic N) is 1. The maximum atomic E-state index is 12.5. The number of nitrogens with two attached hydrogens (primary N) is 1. The smallest absolute Gasteiger partial charge is 0.414 e. The van der Waals surface area contributed by atoms with Gasteiger partial charge in [0, 0.05) is 26.1 Å². The highest BCUT2D eigenvalue weighted by Gasteiger charge is 2.64. The van der Waals surface area contributed by atoms with Crippen molar-refractivity contribution in [3.05, 3.63) is 11.6 Å². The first-order valence-electron chi connectivity index (χ1n) is 12.0. The molecule has 3 unspecified atom stereocenters. The summed E-state index contributed by atoms with van der Waals surface area (Å²) in [5.74, 6) is -0.937. The van der Waals surface area contributed by atoms with Crippen molar-refractivity contribution in [2.75, 3.05) is 53.6 Å². The second-order valence-corrected chi connectivity index (χ2v) is 10.0. The Kier molecular flexibility index (Phi) is 10.6. The molecule has 1 aliphatic heterocycles. The quantitative estimate of drug-likeness (QED) is 0.260. The van der Waals surface area contributed by atoms with Gasteiger partial charge in [-0.1, -0.05) is 11.6 Å². The number of carbonyl (C=O) groups is 3. The van der Waals surface area contributed by atoms with E-state index in [4.69, 9.17) is 24.7 Å². The molecular weight excluding hydrogens is 456 g/mol. The summed E-state index contributed by atoms with van der Waals surface area (Å²) in [5, 5.41) is 4.90. The van der Waals surface area contributed by atoms with Gasteiger partial charge in [0.25, 0.3) is 0 Å². The van der Waals surface area contributed by atoms with Crippen LogP contribution in [0.3, 0.4) is 0 Å². The monoisotopic (exact) mass is 498 g/mol. The van der Waals surface area contributed by atoms with Gasteiger partial charge in [-0.3, -0.25) is 19.8 Å². The number of allylic oxidation sites excluding steroid dienone is 1. The second-order valence-electron chi connectivity index (χ2n) is 10.0. The Labute approximate surface area is 208 Å². The van der Waals surface area contributed by atoms with E-state index in [2.05, 4.69) is 10.6 Å². The molecule has 0 radical (unpaired) electrons. The topological polar surface area (TPSA) is 145 Å². The summed E-state index contributed by atoms with van der Waals surface area (Å²) in [6.45, 7) is 9.76. The van der Waals surface area contributed by atoms with Gasteiger partial charge in [-0.15, -0.1) is 0 Å². The van der Waals surface area contributed by atoms with Crippen LogP contribution in [-0.4, -0.2) is 99.8 Å². The molecule has 0 aromatic rings. The number of amides is 3. The van der Waals surface area contributed by atoms with Crippen molar-refractivity contribution in [3.63, 3.8) is 0 Å². The third kappa shape index (κ3) is 8.53. The lowest BCUT2D eigenvalue weighted by Gasteiger charge is -2.47. The third-order valence-electron chi connectivity index (χ3n) is 6.51. The first-order valence-corrected chi connectivity index (χ1v) is 12.0. The lowest BCUT2D eigenvalue weighted by Crippen LogP contribution is -2.59. The van der Waals surface area contributed by atoms with E-state index >= 15 is 0 Å². The molecule has 3 amide bonds. The van der Waals surface area contributed by atoms with E-state index in [0.29, 0.717) is 39.1 Å². The lowest BCUT2D eigenvalue weighted by molar-refractivity contribution is -0.172. The number of ether oxygens (including phenoxy) is 4. The molecule has 2 aliphatic rings. The van der Waals surface area contributed by atoms with Crippen molar-refractivity contribution in [2.45, 2.75) is 63.9 Å². The molecule has 1 aliphatic carbocycles. The number of likely N-dealkylation sites (N-methyl/N-ethyl adjacent to an activating group) is 1. The molecule has 35 heavy (non-hydrogen) atoms. The van der Waals surface area contributed by atoms with Crippen LogP contribution in [0.15, 0.2) is 11.6 Å². The summed E-state index contributed by atoms with van der Waals surface area (Å²) in [6, 6.07) is 0. The van der Waals surface area contributed by atoms with Crippen LogP contribution in [0.4, 0.5) is 4.79 Å². The zero-order valence-electron chi connectivity index (χ0n) is 21.8. The summed E-state index contributed by atoms with van der Waals surface area (Å²) < 4.78 is 23.6. The van der Waals surface area contributed by atoms with Crippen molar-refractivity contribution in [2.24, 2.45) is 11.7 Å². The van der Waals surface area contributed by atoms with Crippen LogP contribution < -0.4 is 16.4 Å². The van der Waals surface area contributed by atoms with Crippen LogP contribution in [0.2, 0.25) is 0 Å². The molecule has 1 heterocycles. The maximum absolute atomic E-state index is 12.5. The van der Waals surface area contributed by atoms with Crippen molar-refractivity contribution < 1.29 is 33.3 Å². The molecular formula is C24H42N4O7. The Bertz CT molecular complexity index is 778. The predicted octanol–water partition coefficient (Wildman–Crippen LogP) is 0.570. The van der Waals surface area contributed by atoms with Gasteiger partial charge in [0.15, 0.2) is 0 Å². The Morgan fingerprint density at radius 1 is 1.26 bits per heavy atom. The van der Waals surface area contributed by atoms with Crippen LogP contribution >= 0.6 is 0 Å². The minimum Gasteiger partial charge on any atom is -0.443 e. The first-order chi connectivity index (χ1) is 16.4. The third-order valence-corrected chi connectivity index (χ3v) is 6.51. The molecule has 4 atom stereocenters. The van der Waals surface area contributed by atoms with E-state index in [9.17, 15) is 14.4 Å². The highest BCUT2D eigenvalue weighted by atomic mass is 16.6. The van der Waals surface area contributed by atoms with Gasteiger partial charge in [0.1, 0.15) is 12.2 Å². The average Bonchev–Trinajstić information content (AvgIpc) is 3.53. The fraction of sp³-hybridized carbons (Fsp3) is 0.792. The first kappa shape index (κ1) is 29.2. The molecule has 200 valence electrons. The Balaban J connectivity index is 1.93. The lowest BCUT2D eigenvalue weighted by atomic mass is 9.68. The molecule has 11 nitrogen and oxygen atoms in total. The van der Waals surface area contributed by atoms with Crippen molar-refractivity contribution in [1.29, 1.82) is 0 Å². The standard InChI is InChI=1S/C24H42N4O7/c1-16(2)8-12-33-23(3,4)21-20(32-6)17(7-9-24(21)15-34-24)35-22(31)27-19(30)14-28(5)11-10-26-18(29)13-25/h8,17,20-21H,7,9-15,25H2,1-6H3,(H,26,29)(H,27,30,31)/t17?,20?,21?,24-/m0/s1. The number of hydrogen-bond acceptors (Lipinski definition) is 9. The highest BCUT2D eigenvalue weighted by Crippen LogP contribution is 2.52. The molecule has 4 N–H and O–H groups in total. The van der Waals surface area contributed by atoms with E-state index < -0.39 is 29.8 Å². The summed E-state index contributed by atoms with van der Waals surface area (Å²) in [4.78, 5) is 37.7. The van der Waals surface area contributed by atoms with Gasteiger partial charge in [0.05, 0.1) is 37.5 Å². The number of rotatable bonds is 12. The average molecular weight is 499 g/mol. The number of hydrogen-bond donors (Lipinski definition) is 3. The normalized spacial score (nSPS) is 25.8. The number of nitrogens with one attached hydrogen (secondary N) is 2. The van der Waals surface area contributed by atoms with Crippen molar-refractivity contribution in [3.8, 4) is 0 Å². The second kappa shape index (κ2) is 12.8. The Morgan fingerprint density at radius 3 is 2.51 bits per heavy atom. The van der Waals surface area contributed by atoms with Gasteiger partial charge >= 0.3 is 6.09 Å². The van der Waals surface area contributed by atoms with E-state index in [-0.39, 0.29) is 30.5 Å². The summed E-state index contributed by atoms with van der Waals surface area (Å²) in [7, 11) is 3.29. The number of carbonyl (C=O) groups excluding carboxylic acids is 3. The van der Waals surface area contributed by atoms with E-state index in [0.717, 1.165) is 0 Å². The van der Waals surface area contributed by atoms with Crippen LogP contribution in [0.1, 0.15) is 40.5 Å². The molecule has 0 aromatic carbocycles. The van der Waals surface area contributed by atoms with Gasteiger partial charge in [0.2, 0.25) is 11.8 Å². The molecule has 1 saturated carbocycles. The SMILES string of the molecule is COC1C(OC(=O)NC(=O)CN(C)CCNC(=O)CN)CC[C@]2(CO2)C1C(C)(C)OCC=C(C)C.